The molecule has 4 heterocycles. The number of carbonyl (C=O) groups excluding carboxylic acids is 1. The van der Waals surface area contributed by atoms with E-state index in [2.05, 4.69) is 15.1 Å². The van der Waals surface area contributed by atoms with Crippen molar-refractivity contribution in [3.05, 3.63) is 106 Å². The lowest BCUT2D eigenvalue weighted by molar-refractivity contribution is 0.0711. The molecule has 1 aliphatic rings. The highest BCUT2D eigenvalue weighted by atomic mass is 19.1. The molecule has 37 heavy (non-hydrogen) atoms. The number of hydrogen-bond donors (Lipinski definition) is 2. The fraction of sp³-hybridized carbons (Fsp3) is 0.250. The van der Waals surface area contributed by atoms with E-state index in [0.29, 0.717) is 43.0 Å². The SMILES string of the molecule is O=C(c1ccoc1)N1CCC(c2[nH]n(-c3nc4ccccc4[nH]3)c(=O)c2CCc2ccc(F)cc2)CC1. The van der Waals surface area contributed by atoms with E-state index in [1.54, 1.807) is 18.2 Å². The number of halogens is 1. The highest BCUT2D eigenvalue weighted by Gasteiger charge is 2.29. The first-order valence-corrected chi connectivity index (χ1v) is 12.4. The standard InChI is InChI=1S/C28H26FN5O3/c29-21-8-5-18(6-9-21)7-10-22-25(19-11-14-33(15-12-19)26(35)20-13-16-37-17-20)32-34(27(22)36)28-30-23-3-1-2-4-24(23)31-28/h1-6,8-9,13,16-17,19,32H,7,10-12,14-15H2,(H,30,31). The lowest BCUT2D eigenvalue weighted by atomic mass is 9.89. The van der Waals surface area contributed by atoms with Gasteiger partial charge in [-0.1, -0.05) is 24.3 Å². The summed E-state index contributed by atoms with van der Waals surface area (Å²) in [6, 6.07) is 15.7. The summed E-state index contributed by atoms with van der Waals surface area (Å²) in [6.07, 6.45) is 5.54. The Kier molecular flexibility index (Phi) is 5.96. The van der Waals surface area contributed by atoms with Gasteiger partial charge in [0.1, 0.15) is 12.1 Å². The number of rotatable bonds is 6. The minimum atomic E-state index is -0.282. The smallest absolute Gasteiger partial charge is 0.277 e. The van der Waals surface area contributed by atoms with E-state index in [-0.39, 0.29) is 23.2 Å². The van der Waals surface area contributed by atoms with Gasteiger partial charge in [0, 0.05) is 30.3 Å². The van der Waals surface area contributed by atoms with Gasteiger partial charge in [0.15, 0.2) is 0 Å². The van der Waals surface area contributed by atoms with Gasteiger partial charge in [0.05, 0.1) is 22.9 Å². The van der Waals surface area contributed by atoms with E-state index in [1.807, 2.05) is 29.2 Å². The molecule has 0 unspecified atom stereocenters. The maximum absolute atomic E-state index is 13.6. The maximum atomic E-state index is 13.6. The highest BCUT2D eigenvalue weighted by molar-refractivity contribution is 5.93. The Hall–Kier alpha value is -4.40. The molecule has 1 aliphatic heterocycles. The van der Waals surface area contributed by atoms with E-state index >= 15 is 0 Å². The number of piperidine rings is 1. The number of benzene rings is 2. The summed E-state index contributed by atoms with van der Waals surface area (Å²) >= 11 is 0. The first kappa shape index (κ1) is 23.0. The fourth-order valence-corrected chi connectivity index (χ4v) is 5.12. The number of nitrogens with zero attached hydrogens (tertiary/aromatic N) is 3. The molecule has 0 radical (unpaired) electrons. The molecule has 188 valence electrons. The zero-order chi connectivity index (χ0) is 25.4. The molecule has 0 spiro atoms. The third-order valence-corrected chi connectivity index (χ3v) is 7.14. The molecular formula is C28H26FN5O3. The molecule has 6 rings (SSSR count). The van der Waals surface area contributed by atoms with Crippen molar-refractivity contribution in [3.8, 4) is 5.95 Å². The van der Waals surface area contributed by atoms with Crippen molar-refractivity contribution < 1.29 is 13.6 Å². The number of aromatic amines is 2. The lowest BCUT2D eigenvalue weighted by Crippen LogP contribution is -2.38. The third kappa shape index (κ3) is 4.48. The van der Waals surface area contributed by atoms with Crippen LogP contribution in [0.4, 0.5) is 4.39 Å². The molecule has 8 nitrogen and oxygen atoms in total. The molecule has 9 heteroatoms. The summed E-state index contributed by atoms with van der Waals surface area (Å²) in [5, 5.41) is 3.35. The molecule has 2 N–H and O–H groups in total. The summed E-state index contributed by atoms with van der Waals surface area (Å²) in [4.78, 5) is 36.1. The van der Waals surface area contributed by atoms with Crippen LogP contribution in [0.1, 0.15) is 45.9 Å². The van der Waals surface area contributed by atoms with E-state index in [0.717, 1.165) is 35.1 Å². The Morgan fingerprint density at radius 1 is 1.05 bits per heavy atom. The number of hydrogen-bond acceptors (Lipinski definition) is 4. The number of aromatic nitrogens is 4. The number of H-pyrrole nitrogens is 2. The molecule has 5 aromatic rings. The van der Waals surface area contributed by atoms with Crippen LogP contribution in [0.15, 0.2) is 76.3 Å². The maximum Gasteiger partial charge on any atom is 0.277 e. The van der Waals surface area contributed by atoms with Crippen molar-refractivity contribution in [3.63, 3.8) is 0 Å². The van der Waals surface area contributed by atoms with Crippen LogP contribution in [-0.2, 0) is 12.8 Å². The second-order valence-corrected chi connectivity index (χ2v) is 9.43. The van der Waals surface area contributed by atoms with Crippen LogP contribution >= 0.6 is 0 Å². The Labute approximate surface area is 211 Å². The molecule has 0 bridgehead atoms. The van der Waals surface area contributed by atoms with E-state index in [4.69, 9.17) is 4.42 Å². The molecule has 1 saturated heterocycles. The van der Waals surface area contributed by atoms with Gasteiger partial charge in [-0.2, -0.15) is 4.68 Å². The van der Waals surface area contributed by atoms with Gasteiger partial charge in [0.25, 0.3) is 11.5 Å². The van der Waals surface area contributed by atoms with Crippen LogP contribution in [0, 0.1) is 5.82 Å². The predicted octanol–water partition coefficient (Wildman–Crippen LogP) is 4.58. The second kappa shape index (κ2) is 9.57. The summed E-state index contributed by atoms with van der Waals surface area (Å²) in [5.74, 6) is 0.204. The molecule has 2 aromatic carbocycles. The van der Waals surface area contributed by atoms with Crippen LogP contribution < -0.4 is 5.56 Å². The zero-order valence-corrected chi connectivity index (χ0v) is 20.1. The minimum absolute atomic E-state index is 0.0444. The van der Waals surface area contributed by atoms with Crippen molar-refractivity contribution in [2.24, 2.45) is 0 Å². The molecule has 3 aromatic heterocycles. The van der Waals surface area contributed by atoms with Gasteiger partial charge in [-0.05, 0) is 61.6 Å². The fourth-order valence-electron chi connectivity index (χ4n) is 5.12. The van der Waals surface area contributed by atoms with Crippen LogP contribution in [0.3, 0.4) is 0 Å². The number of likely N-dealkylation sites (tertiary alicyclic amines) is 1. The number of furan rings is 1. The number of amides is 1. The highest BCUT2D eigenvalue weighted by Crippen LogP contribution is 2.30. The minimum Gasteiger partial charge on any atom is -0.472 e. The molecule has 1 amide bonds. The lowest BCUT2D eigenvalue weighted by Gasteiger charge is -2.31. The van der Waals surface area contributed by atoms with Gasteiger partial charge < -0.3 is 14.3 Å². The molecule has 0 atom stereocenters. The Bertz CT molecular complexity index is 1560. The van der Waals surface area contributed by atoms with Crippen LogP contribution in [0.2, 0.25) is 0 Å². The largest absolute Gasteiger partial charge is 0.472 e. The number of carbonyl (C=O) groups is 1. The molecular weight excluding hydrogens is 473 g/mol. The number of nitrogens with one attached hydrogen (secondary N) is 2. The van der Waals surface area contributed by atoms with Crippen LogP contribution in [0.25, 0.3) is 17.0 Å². The number of aryl methyl sites for hydroxylation is 1. The quantitative estimate of drug-likeness (QED) is 0.357. The second-order valence-electron chi connectivity index (χ2n) is 9.43. The first-order chi connectivity index (χ1) is 18.1. The molecule has 0 saturated carbocycles. The van der Waals surface area contributed by atoms with E-state index in [9.17, 15) is 14.0 Å². The number of imidazole rings is 1. The Morgan fingerprint density at radius 3 is 2.57 bits per heavy atom. The Balaban J connectivity index is 1.30. The van der Waals surface area contributed by atoms with Gasteiger partial charge in [0.2, 0.25) is 5.95 Å². The zero-order valence-electron chi connectivity index (χ0n) is 20.1. The Morgan fingerprint density at radius 2 is 1.84 bits per heavy atom. The van der Waals surface area contributed by atoms with E-state index < -0.39 is 0 Å². The van der Waals surface area contributed by atoms with Crippen molar-refractivity contribution in [2.45, 2.75) is 31.6 Å². The monoisotopic (exact) mass is 499 g/mol. The first-order valence-electron chi connectivity index (χ1n) is 12.4. The molecule has 1 fully saturated rings. The predicted molar refractivity (Wildman–Crippen MR) is 136 cm³/mol. The van der Waals surface area contributed by atoms with Crippen molar-refractivity contribution in [1.29, 1.82) is 0 Å². The summed E-state index contributed by atoms with van der Waals surface area (Å²) in [7, 11) is 0. The summed E-state index contributed by atoms with van der Waals surface area (Å²) < 4.78 is 19.9. The number of fused-ring (bicyclic) bond motifs is 1. The van der Waals surface area contributed by atoms with Crippen LogP contribution in [-0.4, -0.2) is 43.6 Å². The third-order valence-electron chi connectivity index (χ3n) is 7.14. The normalized spacial score (nSPS) is 14.5. The summed E-state index contributed by atoms with van der Waals surface area (Å²) in [6.45, 7) is 1.17. The molecule has 0 aliphatic carbocycles. The van der Waals surface area contributed by atoms with Crippen LogP contribution in [0.5, 0.6) is 0 Å². The van der Waals surface area contributed by atoms with Gasteiger partial charge in [-0.25, -0.2) is 9.37 Å². The van der Waals surface area contributed by atoms with E-state index in [1.165, 1.54) is 29.3 Å². The van der Waals surface area contributed by atoms with Crippen molar-refractivity contribution >= 4 is 16.9 Å². The average Bonchev–Trinajstić information content (AvgIpc) is 3.67. The average molecular weight is 500 g/mol. The topological polar surface area (TPSA) is 99.9 Å². The summed E-state index contributed by atoms with van der Waals surface area (Å²) in [5.41, 5.74) is 4.56. The van der Waals surface area contributed by atoms with Crippen molar-refractivity contribution in [2.75, 3.05) is 13.1 Å². The van der Waals surface area contributed by atoms with Crippen molar-refractivity contribution in [1.82, 2.24) is 24.6 Å². The van der Waals surface area contributed by atoms with Gasteiger partial charge in [-0.3, -0.25) is 14.7 Å². The number of para-hydroxylation sites is 2. The van der Waals surface area contributed by atoms with Gasteiger partial charge >= 0.3 is 0 Å². The van der Waals surface area contributed by atoms with Gasteiger partial charge in [-0.15, -0.1) is 0 Å².